The second-order valence-electron chi connectivity index (χ2n) is 6.42. The number of aliphatic hydroxyl groups is 1. The standard InChI is InChI=1S/C17H19N7O2/c1-23(17(26)10-4-2-3-7-19-10)11-5-6-12(14(11)25)24-9-22-13-15(18)20-8-21-16(13)24/h2-4,7-9,11-12,14,25H,5-6H2,1H3,(H2,18,20,21)/t11-,12+,14+/m1/s1. The molecule has 0 bridgehead atoms. The van der Waals surface area contributed by atoms with Crippen LogP contribution in [0.2, 0.25) is 0 Å². The highest BCUT2D eigenvalue weighted by Crippen LogP contribution is 2.35. The number of hydrogen-bond acceptors (Lipinski definition) is 7. The molecule has 0 saturated heterocycles. The zero-order valence-electron chi connectivity index (χ0n) is 14.2. The molecule has 0 radical (unpaired) electrons. The smallest absolute Gasteiger partial charge is 0.272 e. The van der Waals surface area contributed by atoms with Gasteiger partial charge in [0.25, 0.3) is 5.91 Å². The van der Waals surface area contributed by atoms with Gasteiger partial charge in [0, 0.05) is 13.2 Å². The Bertz CT molecular complexity index is 943. The summed E-state index contributed by atoms with van der Waals surface area (Å²) in [6, 6.07) is 4.64. The van der Waals surface area contributed by atoms with Crippen molar-refractivity contribution in [2.45, 2.75) is 31.0 Å². The molecule has 1 fully saturated rings. The van der Waals surface area contributed by atoms with E-state index >= 15 is 0 Å². The molecule has 1 amide bonds. The van der Waals surface area contributed by atoms with Gasteiger partial charge in [0.15, 0.2) is 11.5 Å². The zero-order chi connectivity index (χ0) is 18.3. The van der Waals surface area contributed by atoms with E-state index in [0.29, 0.717) is 35.5 Å². The minimum Gasteiger partial charge on any atom is -0.389 e. The maximum atomic E-state index is 12.6. The first-order chi connectivity index (χ1) is 12.6. The Morgan fingerprint density at radius 3 is 2.88 bits per heavy atom. The summed E-state index contributed by atoms with van der Waals surface area (Å²) in [6.07, 6.45) is 5.19. The lowest BCUT2D eigenvalue weighted by Crippen LogP contribution is -2.43. The van der Waals surface area contributed by atoms with Gasteiger partial charge < -0.3 is 20.3 Å². The molecule has 3 aromatic heterocycles. The van der Waals surface area contributed by atoms with Crippen LogP contribution in [0, 0.1) is 0 Å². The molecule has 3 aromatic rings. The number of carbonyl (C=O) groups is 1. The predicted octanol–water partition coefficient (Wildman–Crippen LogP) is 0.640. The van der Waals surface area contributed by atoms with Crippen molar-refractivity contribution in [1.29, 1.82) is 0 Å². The first-order valence-electron chi connectivity index (χ1n) is 8.37. The van der Waals surface area contributed by atoms with E-state index in [1.165, 1.54) is 6.33 Å². The van der Waals surface area contributed by atoms with Crippen molar-refractivity contribution in [2.75, 3.05) is 12.8 Å². The molecule has 26 heavy (non-hydrogen) atoms. The molecule has 0 aromatic carbocycles. The number of nitrogens with zero attached hydrogens (tertiary/aromatic N) is 6. The van der Waals surface area contributed by atoms with E-state index in [1.807, 2.05) is 4.57 Å². The molecule has 9 heteroatoms. The molecule has 134 valence electrons. The molecular weight excluding hydrogens is 334 g/mol. The van der Waals surface area contributed by atoms with Gasteiger partial charge in [-0.1, -0.05) is 6.07 Å². The van der Waals surface area contributed by atoms with E-state index in [-0.39, 0.29) is 18.0 Å². The fourth-order valence-electron chi connectivity index (χ4n) is 3.60. The maximum Gasteiger partial charge on any atom is 0.272 e. The van der Waals surface area contributed by atoms with Crippen LogP contribution in [-0.4, -0.2) is 59.6 Å². The fourth-order valence-corrected chi connectivity index (χ4v) is 3.60. The lowest BCUT2D eigenvalue weighted by molar-refractivity contribution is 0.0442. The Balaban J connectivity index is 1.59. The molecule has 4 rings (SSSR count). The van der Waals surface area contributed by atoms with E-state index in [9.17, 15) is 9.90 Å². The van der Waals surface area contributed by atoms with Gasteiger partial charge in [0.05, 0.1) is 24.5 Å². The van der Waals surface area contributed by atoms with E-state index < -0.39 is 6.10 Å². The Labute approximate surface area is 149 Å². The van der Waals surface area contributed by atoms with Crippen LogP contribution < -0.4 is 5.73 Å². The van der Waals surface area contributed by atoms with Gasteiger partial charge in [-0.15, -0.1) is 0 Å². The predicted molar refractivity (Wildman–Crippen MR) is 94.1 cm³/mol. The van der Waals surface area contributed by atoms with E-state index in [0.717, 1.165) is 0 Å². The number of rotatable bonds is 3. The van der Waals surface area contributed by atoms with Crippen molar-refractivity contribution in [1.82, 2.24) is 29.4 Å². The largest absolute Gasteiger partial charge is 0.389 e. The van der Waals surface area contributed by atoms with E-state index in [1.54, 1.807) is 42.7 Å². The highest BCUT2D eigenvalue weighted by Gasteiger charge is 2.40. The average Bonchev–Trinajstić information content (AvgIpc) is 3.25. The van der Waals surface area contributed by atoms with Crippen LogP contribution in [0.4, 0.5) is 5.82 Å². The Kier molecular flexibility index (Phi) is 4.00. The number of likely N-dealkylation sites (N-methyl/N-ethyl adjacent to an activating group) is 1. The first kappa shape index (κ1) is 16.4. The van der Waals surface area contributed by atoms with Crippen LogP contribution in [0.15, 0.2) is 37.1 Å². The molecule has 0 spiro atoms. The molecule has 3 N–H and O–H groups in total. The summed E-state index contributed by atoms with van der Waals surface area (Å²) < 4.78 is 1.82. The molecule has 9 nitrogen and oxygen atoms in total. The van der Waals surface area contributed by atoms with Gasteiger partial charge in [-0.25, -0.2) is 15.0 Å². The number of anilines is 1. The number of aliphatic hydroxyl groups excluding tert-OH is 1. The maximum absolute atomic E-state index is 12.6. The molecule has 0 aliphatic heterocycles. The van der Waals surface area contributed by atoms with Gasteiger partial charge in [0.2, 0.25) is 0 Å². The van der Waals surface area contributed by atoms with Crippen LogP contribution in [0.3, 0.4) is 0 Å². The van der Waals surface area contributed by atoms with E-state index in [4.69, 9.17) is 5.73 Å². The van der Waals surface area contributed by atoms with Crippen molar-refractivity contribution in [2.24, 2.45) is 0 Å². The monoisotopic (exact) mass is 353 g/mol. The quantitative estimate of drug-likeness (QED) is 0.708. The molecule has 1 saturated carbocycles. The van der Waals surface area contributed by atoms with Crippen LogP contribution in [0.25, 0.3) is 11.2 Å². The Morgan fingerprint density at radius 1 is 1.27 bits per heavy atom. The number of carbonyl (C=O) groups excluding carboxylic acids is 1. The van der Waals surface area contributed by atoms with Gasteiger partial charge in [-0.2, -0.15) is 0 Å². The summed E-state index contributed by atoms with van der Waals surface area (Å²) in [5, 5.41) is 10.9. The van der Waals surface area contributed by atoms with Crippen LogP contribution in [0.5, 0.6) is 0 Å². The molecule has 1 aliphatic rings. The van der Waals surface area contributed by atoms with Crippen LogP contribution >= 0.6 is 0 Å². The molecule has 0 unspecified atom stereocenters. The lowest BCUT2D eigenvalue weighted by atomic mass is 10.1. The summed E-state index contributed by atoms with van der Waals surface area (Å²) in [4.78, 5) is 30.7. The van der Waals surface area contributed by atoms with Gasteiger partial charge in [-0.05, 0) is 25.0 Å². The molecule has 1 aliphatic carbocycles. The average molecular weight is 353 g/mol. The molecule has 3 heterocycles. The summed E-state index contributed by atoms with van der Waals surface area (Å²) in [5.74, 6) is 0.0950. The second kappa shape index (κ2) is 6.34. The third kappa shape index (κ3) is 2.57. The number of hydrogen-bond donors (Lipinski definition) is 2. The SMILES string of the molecule is CN(C(=O)c1ccccn1)[C@@H]1CC[C@H](n2cnc3c(N)ncnc32)[C@H]1O. The Hall–Kier alpha value is -3.07. The molecular formula is C17H19N7O2. The molecule has 3 atom stereocenters. The number of fused-ring (bicyclic) bond motifs is 1. The summed E-state index contributed by atoms with van der Waals surface area (Å²) in [5.41, 5.74) is 7.29. The van der Waals surface area contributed by atoms with Crippen molar-refractivity contribution in [3.8, 4) is 0 Å². The van der Waals surface area contributed by atoms with Crippen molar-refractivity contribution < 1.29 is 9.90 Å². The minimum atomic E-state index is -0.749. The van der Waals surface area contributed by atoms with Gasteiger partial charge >= 0.3 is 0 Å². The number of aromatic nitrogens is 5. The highest BCUT2D eigenvalue weighted by molar-refractivity contribution is 5.92. The normalized spacial score (nSPS) is 22.6. The summed E-state index contributed by atoms with van der Waals surface area (Å²) in [6.45, 7) is 0. The topological polar surface area (TPSA) is 123 Å². The summed E-state index contributed by atoms with van der Waals surface area (Å²) >= 11 is 0. The lowest BCUT2D eigenvalue weighted by Gasteiger charge is -2.28. The third-order valence-corrected chi connectivity index (χ3v) is 4.99. The van der Waals surface area contributed by atoms with Crippen LogP contribution in [0.1, 0.15) is 29.4 Å². The number of amides is 1. The number of pyridine rings is 1. The van der Waals surface area contributed by atoms with Crippen molar-refractivity contribution >= 4 is 22.9 Å². The zero-order valence-corrected chi connectivity index (χ0v) is 14.2. The fraction of sp³-hybridized carbons (Fsp3) is 0.353. The van der Waals surface area contributed by atoms with E-state index in [2.05, 4.69) is 19.9 Å². The summed E-state index contributed by atoms with van der Waals surface area (Å²) in [7, 11) is 1.69. The minimum absolute atomic E-state index is 0.211. The third-order valence-electron chi connectivity index (χ3n) is 4.99. The number of nitrogens with two attached hydrogens (primary N) is 1. The highest BCUT2D eigenvalue weighted by atomic mass is 16.3. The van der Waals surface area contributed by atoms with Gasteiger partial charge in [0.1, 0.15) is 17.5 Å². The first-order valence-corrected chi connectivity index (χ1v) is 8.37. The van der Waals surface area contributed by atoms with Gasteiger partial charge in [-0.3, -0.25) is 9.78 Å². The van der Waals surface area contributed by atoms with Crippen molar-refractivity contribution in [3.05, 3.63) is 42.7 Å². The number of imidazole rings is 1. The Morgan fingerprint density at radius 2 is 2.12 bits per heavy atom. The second-order valence-corrected chi connectivity index (χ2v) is 6.42. The van der Waals surface area contributed by atoms with Crippen LogP contribution in [-0.2, 0) is 0 Å². The number of nitrogen functional groups attached to an aromatic ring is 1. The van der Waals surface area contributed by atoms with Crippen molar-refractivity contribution in [3.63, 3.8) is 0 Å².